The van der Waals surface area contributed by atoms with E-state index >= 15 is 0 Å². The number of ether oxygens (including phenoxy) is 1. The predicted octanol–water partition coefficient (Wildman–Crippen LogP) is 1.45. The fraction of sp³-hybridized carbons (Fsp3) is 0.529. The number of aliphatic hydroxyl groups is 1. The van der Waals surface area contributed by atoms with Gasteiger partial charge in [0.25, 0.3) is 0 Å². The number of nitrogens with zero attached hydrogens (tertiary/aromatic N) is 1. The lowest BCUT2D eigenvalue weighted by Crippen LogP contribution is -2.41. The Labute approximate surface area is 140 Å². The molecule has 1 spiro atoms. The van der Waals surface area contributed by atoms with Crippen LogP contribution in [0, 0.1) is 5.41 Å². The molecule has 2 unspecified atom stereocenters. The number of rotatable bonds is 6. The maximum Gasteiger partial charge on any atom is 0.236 e. The molecule has 23 heavy (non-hydrogen) atoms. The van der Waals surface area contributed by atoms with Crippen LogP contribution in [0.2, 0.25) is 0 Å². The molecule has 0 aromatic heterocycles. The highest BCUT2D eigenvalue weighted by Gasteiger charge is 2.53. The molecule has 0 radical (unpaired) electrons. The van der Waals surface area contributed by atoms with Gasteiger partial charge < -0.3 is 9.84 Å². The number of carbonyl (C=O) groups is 2. The molecule has 124 valence electrons. The zero-order valence-electron chi connectivity index (χ0n) is 12.9. The second-order valence-corrected chi connectivity index (χ2v) is 7.33. The van der Waals surface area contributed by atoms with Gasteiger partial charge in [-0.3, -0.25) is 14.5 Å². The molecule has 1 aromatic rings. The number of likely N-dealkylation sites (tertiary alicyclic amines) is 1. The van der Waals surface area contributed by atoms with E-state index in [0.717, 1.165) is 17.7 Å². The third-order valence-corrected chi connectivity index (χ3v) is 5.66. The molecular formula is C17H21NO4S. The Morgan fingerprint density at radius 1 is 1.30 bits per heavy atom. The Bertz CT molecular complexity index is 571. The lowest BCUT2D eigenvalue weighted by atomic mass is 9.86. The van der Waals surface area contributed by atoms with Gasteiger partial charge in [-0.05, 0) is 17.7 Å². The largest absolute Gasteiger partial charge is 0.389 e. The number of β-amino-alcohol motifs (C(OH)–C–C–N with tert-alkyl or cyclic N) is 1. The Kier molecular flexibility index (Phi) is 5.04. The summed E-state index contributed by atoms with van der Waals surface area (Å²) in [6, 6.07) is 9.68. The van der Waals surface area contributed by atoms with Crippen molar-refractivity contribution < 1.29 is 19.4 Å². The molecule has 2 saturated heterocycles. The number of carbonyl (C=O) groups excluding carboxylic acids is 2. The minimum Gasteiger partial charge on any atom is -0.389 e. The number of benzene rings is 1. The first-order valence-corrected chi connectivity index (χ1v) is 8.98. The lowest BCUT2D eigenvalue weighted by Gasteiger charge is -2.22. The van der Waals surface area contributed by atoms with Gasteiger partial charge in [0.1, 0.15) is 0 Å². The molecule has 2 fully saturated rings. The molecule has 0 bridgehead atoms. The zero-order chi connectivity index (χ0) is 16.3. The number of imide groups is 1. The number of aliphatic hydroxyl groups excluding tert-OH is 1. The van der Waals surface area contributed by atoms with Crippen molar-refractivity contribution in [3.8, 4) is 0 Å². The monoisotopic (exact) mass is 335 g/mol. The molecular weight excluding hydrogens is 314 g/mol. The quantitative estimate of drug-likeness (QED) is 0.797. The summed E-state index contributed by atoms with van der Waals surface area (Å²) in [5, 5.41) is 10.1. The zero-order valence-corrected chi connectivity index (χ0v) is 13.8. The topological polar surface area (TPSA) is 66.8 Å². The van der Waals surface area contributed by atoms with Gasteiger partial charge >= 0.3 is 0 Å². The summed E-state index contributed by atoms with van der Waals surface area (Å²) in [4.78, 5) is 25.9. The Morgan fingerprint density at radius 2 is 2.09 bits per heavy atom. The first-order chi connectivity index (χ1) is 11.1. The molecule has 0 aliphatic carbocycles. The number of hydrogen-bond donors (Lipinski definition) is 1. The average Bonchev–Trinajstić information content (AvgIpc) is 3.10. The molecule has 6 heteroatoms. The summed E-state index contributed by atoms with van der Waals surface area (Å²) in [6.07, 6.45) is 0.200. The summed E-state index contributed by atoms with van der Waals surface area (Å²) in [5.74, 6) is 1.36. The molecule has 3 rings (SSSR count). The van der Waals surface area contributed by atoms with Crippen LogP contribution in [0.1, 0.15) is 18.4 Å². The van der Waals surface area contributed by atoms with E-state index in [4.69, 9.17) is 4.74 Å². The van der Waals surface area contributed by atoms with Crippen LogP contribution in [0.4, 0.5) is 0 Å². The van der Waals surface area contributed by atoms with Crippen LogP contribution in [0.15, 0.2) is 30.3 Å². The Morgan fingerprint density at radius 3 is 2.78 bits per heavy atom. The average molecular weight is 335 g/mol. The molecule has 2 aliphatic rings. The van der Waals surface area contributed by atoms with Crippen LogP contribution >= 0.6 is 11.8 Å². The third kappa shape index (κ3) is 3.59. The van der Waals surface area contributed by atoms with Crippen molar-refractivity contribution in [2.45, 2.75) is 25.6 Å². The first kappa shape index (κ1) is 16.5. The van der Waals surface area contributed by atoms with Gasteiger partial charge in [-0.25, -0.2) is 0 Å². The Hall–Kier alpha value is -1.37. The summed E-state index contributed by atoms with van der Waals surface area (Å²) >= 11 is 1.72. The van der Waals surface area contributed by atoms with Gasteiger partial charge in [0.05, 0.1) is 31.3 Å². The van der Waals surface area contributed by atoms with Gasteiger partial charge in [0.2, 0.25) is 11.8 Å². The van der Waals surface area contributed by atoms with Gasteiger partial charge in [0, 0.05) is 12.2 Å². The van der Waals surface area contributed by atoms with Gasteiger partial charge in [-0.2, -0.15) is 11.8 Å². The molecule has 2 heterocycles. The summed E-state index contributed by atoms with van der Waals surface area (Å²) in [6.45, 7) is 0.535. The maximum absolute atomic E-state index is 12.5. The second-order valence-electron chi connectivity index (χ2n) is 6.22. The highest BCUT2D eigenvalue weighted by atomic mass is 32.2. The van der Waals surface area contributed by atoms with Gasteiger partial charge in [0.15, 0.2) is 0 Å². The normalized spacial score (nSPS) is 25.5. The van der Waals surface area contributed by atoms with E-state index in [1.54, 1.807) is 11.8 Å². The van der Waals surface area contributed by atoms with E-state index in [0.29, 0.717) is 12.4 Å². The fourth-order valence-corrected chi connectivity index (χ4v) is 4.55. The summed E-state index contributed by atoms with van der Waals surface area (Å²) < 4.78 is 5.48. The van der Waals surface area contributed by atoms with Crippen LogP contribution in [0.25, 0.3) is 0 Å². The van der Waals surface area contributed by atoms with E-state index < -0.39 is 11.5 Å². The Balaban J connectivity index is 1.49. The number of hydrogen-bond acceptors (Lipinski definition) is 5. The van der Waals surface area contributed by atoms with Crippen LogP contribution in [-0.2, 0) is 20.9 Å². The minimum absolute atomic E-state index is 0.0267. The van der Waals surface area contributed by atoms with Crippen LogP contribution in [0.3, 0.4) is 0 Å². The standard InChI is InChI=1S/C17H21NO4S/c19-14(11-22-10-13-4-2-1-3-5-13)9-18-15(20)8-17(16(18)21)6-7-23-12-17/h1-5,14,19H,6-12H2. The molecule has 1 aromatic carbocycles. The molecule has 2 amide bonds. The summed E-state index contributed by atoms with van der Waals surface area (Å²) in [5.41, 5.74) is 0.516. The van der Waals surface area contributed by atoms with E-state index in [2.05, 4.69) is 0 Å². The minimum atomic E-state index is -0.851. The maximum atomic E-state index is 12.5. The van der Waals surface area contributed by atoms with Crippen LogP contribution in [0.5, 0.6) is 0 Å². The fourth-order valence-electron chi connectivity index (χ4n) is 3.11. The van der Waals surface area contributed by atoms with Gasteiger partial charge in [-0.15, -0.1) is 0 Å². The van der Waals surface area contributed by atoms with E-state index in [9.17, 15) is 14.7 Å². The molecule has 1 N–H and O–H groups in total. The predicted molar refractivity (Wildman–Crippen MR) is 87.8 cm³/mol. The second kappa shape index (κ2) is 7.03. The molecule has 0 saturated carbocycles. The summed E-state index contributed by atoms with van der Waals surface area (Å²) in [7, 11) is 0. The number of amides is 2. The smallest absolute Gasteiger partial charge is 0.236 e. The van der Waals surface area contributed by atoms with Crippen molar-refractivity contribution in [2.24, 2.45) is 5.41 Å². The van der Waals surface area contributed by atoms with Crippen molar-refractivity contribution in [3.63, 3.8) is 0 Å². The van der Waals surface area contributed by atoms with Gasteiger partial charge in [-0.1, -0.05) is 30.3 Å². The van der Waals surface area contributed by atoms with E-state index in [1.165, 1.54) is 4.90 Å². The van der Waals surface area contributed by atoms with E-state index in [1.807, 2.05) is 30.3 Å². The van der Waals surface area contributed by atoms with Crippen molar-refractivity contribution >= 4 is 23.6 Å². The molecule has 2 aliphatic heterocycles. The first-order valence-electron chi connectivity index (χ1n) is 7.83. The molecule has 2 atom stereocenters. The van der Waals surface area contributed by atoms with E-state index in [-0.39, 0.29) is 31.4 Å². The highest BCUT2D eigenvalue weighted by molar-refractivity contribution is 7.99. The van der Waals surface area contributed by atoms with Crippen molar-refractivity contribution in [1.82, 2.24) is 4.90 Å². The van der Waals surface area contributed by atoms with Crippen LogP contribution in [-0.4, -0.2) is 52.6 Å². The highest BCUT2D eigenvalue weighted by Crippen LogP contribution is 2.44. The van der Waals surface area contributed by atoms with Crippen LogP contribution < -0.4 is 0 Å². The third-order valence-electron chi connectivity index (χ3n) is 4.41. The lowest BCUT2D eigenvalue weighted by molar-refractivity contribution is -0.143. The molecule has 5 nitrogen and oxygen atoms in total. The number of thioether (sulfide) groups is 1. The van der Waals surface area contributed by atoms with Crippen molar-refractivity contribution in [2.75, 3.05) is 24.7 Å². The van der Waals surface area contributed by atoms with Crippen molar-refractivity contribution in [3.05, 3.63) is 35.9 Å². The SMILES string of the molecule is O=C1CC2(CCSC2)C(=O)N1CC(O)COCc1ccccc1. The van der Waals surface area contributed by atoms with Crippen molar-refractivity contribution in [1.29, 1.82) is 0 Å².